The number of nitrogens with zero attached hydrogens (tertiary/aromatic N) is 2. The maximum atomic E-state index is 12.6. The van der Waals surface area contributed by atoms with Crippen LogP contribution < -0.4 is 10.6 Å². The molecule has 0 atom stereocenters. The Morgan fingerprint density at radius 2 is 1.76 bits per heavy atom. The van der Waals surface area contributed by atoms with Crippen molar-refractivity contribution in [2.75, 3.05) is 5.32 Å². The number of carbonyl (C=O) groups excluding carboxylic acids is 2. The normalized spacial score (nSPS) is 11.3. The summed E-state index contributed by atoms with van der Waals surface area (Å²) in [5, 5.41) is 16.4. The molecule has 0 aliphatic carbocycles. The Bertz CT molecular complexity index is 1300. The van der Waals surface area contributed by atoms with Crippen molar-refractivity contribution < 1.29 is 14.5 Å². The molecule has 34 heavy (non-hydrogen) atoms. The second kappa shape index (κ2) is 11.2. The molecular formula is C24H20N4O4S2. The quantitative estimate of drug-likeness (QED) is 0.114. The Labute approximate surface area is 205 Å². The number of anilines is 1. The van der Waals surface area contributed by atoms with Crippen LogP contribution in [0.2, 0.25) is 0 Å². The summed E-state index contributed by atoms with van der Waals surface area (Å²) >= 11 is 6.28. The zero-order chi connectivity index (χ0) is 24.7. The Balaban J connectivity index is 1.60. The monoisotopic (exact) mass is 492 g/mol. The molecule has 0 aliphatic heterocycles. The molecule has 1 heterocycles. The molecule has 1 aromatic heterocycles. The van der Waals surface area contributed by atoms with E-state index in [1.165, 1.54) is 30.3 Å². The third kappa shape index (κ3) is 6.74. The van der Waals surface area contributed by atoms with Gasteiger partial charge in [-0.15, -0.1) is 0 Å². The maximum Gasteiger partial charge on any atom is 0.269 e. The first-order valence-corrected chi connectivity index (χ1v) is 11.3. The van der Waals surface area contributed by atoms with Crippen LogP contribution in [0.15, 0.2) is 72.3 Å². The standard InChI is InChI=1S/C24H20N4O4S2/c1-15(14-17-6-4-3-5-7-17)8-13-20(29)21-16(2)25-24(34-21)27-23(33)26-22(30)18-9-11-19(12-10-18)28(31)32/h3-14H,1-2H3,(H2,25,26,27,30,33)/b13-8+,15-14+. The summed E-state index contributed by atoms with van der Waals surface area (Å²) in [5.41, 5.74) is 2.60. The largest absolute Gasteiger partial charge is 0.308 e. The average molecular weight is 493 g/mol. The van der Waals surface area contributed by atoms with Crippen molar-refractivity contribution >= 4 is 57.3 Å². The number of nitro benzene ring substituents is 1. The first-order chi connectivity index (χ1) is 16.2. The van der Waals surface area contributed by atoms with Crippen molar-refractivity contribution in [2.24, 2.45) is 0 Å². The predicted molar refractivity (Wildman–Crippen MR) is 137 cm³/mol. The lowest BCUT2D eigenvalue weighted by Crippen LogP contribution is -2.34. The SMILES string of the molecule is CC(/C=C/C(=O)c1sc(NC(=S)NC(=O)c2ccc([N+](=O)[O-])cc2)nc1C)=C\c1ccccc1. The summed E-state index contributed by atoms with van der Waals surface area (Å²) in [6.07, 6.45) is 5.22. The number of benzene rings is 2. The minimum Gasteiger partial charge on any atom is -0.308 e. The van der Waals surface area contributed by atoms with Crippen LogP contribution in [0.1, 0.15) is 38.2 Å². The van der Waals surface area contributed by atoms with E-state index in [9.17, 15) is 19.7 Å². The number of allylic oxidation sites excluding steroid dienone is 3. The van der Waals surface area contributed by atoms with Crippen LogP contribution in [0.25, 0.3) is 6.08 Å². The molecule has 3 rings (SSSR count). The molecule has 0 unspecified atom stereocenters. The number of thiocarbonyl (C=S) groups is 1. The minimum atomic E-state index is -0.548. The van der Waals surface area contributed by atoms with E-state index >= 15 is 0 Å². The van der Waals surface area contributed by atoms with Gasteiger partial charge in [0.05, 0.1) is 15.5 Å². The highest BCUT2D eigenvalue weighted by molar-refractivity contribution is 7.80. The Hall–Kier alpha value is -4.02. The summed E-state index contributed by atoms with van der Waals surface area (Å²) in [5.74, 6) is -0.717. The van der Waals surface area contributed by atoms with E-state index in [0.29, 0.717) is 15.7 Å². The summed E-state index contributed by atoms with van der Waals surface area (Å²) < 4.78 is 0. The summed E-state index contributed by atoms with van der Waals surface area (Å²) in [7, 11) is 0. The van der Waals surface area contributed by atoms with Gasteiger partial charge in [0, 0.05) is 17.7 Å². The molecule has 2 N–H and O–H groups in total. The lowest BCUT2D eigenvalue weighted by atomic mass is 10.1. The zero-order valence-electron chi connectivity index (χ0n) is 18.3. The molecule has 2 aromatic carbocycles. The average Bonchev–Trinajstić information content (AvgIpc) is 3.17. The van der Waals surface area contributed by atoms with Gasteiger partial charge in [-0.2, -0.15) is 0 Å². The number of amides is 1. The van der Waals surface area contributed by atoms with Gasteiger partial charge in [0.25, 0.3) is 11.6 Å². The molecule has 8 nitrogen and oxygen atoms in total. The van der Waals surface area contributed by atoms with Crippen molar-refractivity contribution in [2.45, 2.75) is 13.8 Å². The lowest BCUT2D eigenvalue weighted by molar-refractivity contribution is -0.384. The van der Waals surface area contributed by atoms with Gasteiger partial charge in [0.2, 0.25) is 0 Å². The van der Waals surface area contributed by atoms with E-state index in [4.69, 9.17) is 12.2 Å². The van der Waals surface area contributed by atoms with E-state index in [1.54, 1.807) is 13.0 Å². The van der Waals surface area contributed by atoms with Gasteiger partial charge < -0.3 is 5.32 Å². The van der Waals surface area contributed by atoms with Crippen LogP contribution in [-0.4, -0.2) is 26.7 Å². The number of thiazole rings is 1. The Morgan fingerprint density at radius 3 is 2.41 bits per heavy atom. The number of hydrogen-bond donors (Lipinski definition) is 2. The number of non-ortho nitro benzene ring substituents is 1. The molecule has 10 heteroatoms. The molecule has 0 aliphatic rings. The maximum absolute atomic E-state index is 12.6. The van der Waals surface area contributed by atoms with Crippen molar-refractivity contribution in [3.8, 4) is 0 Å². The number of aromatic nitrogens is 1. The summed E-state index contributed by atoms with van der Waals surface area (Å²) in [6.45, 7) is 3.63. The highest BCUT2D eigenvalue weighted by atomic mass is 32.1. The topological polar surface area (TPSA) is 114 Å². The second-order valence-corrected chi connectivity index (χ2v) is 8.55. The van der Waals surface area contributed by atoms with E-state index in [-0.39, 0.29) is 22.1 Å². The van der Waals surface area contributed by atoms with Crippen molar-refractivity contribution in [3.05, 3.63) is 104 Å². The number of aryl methyl sites for hydroxylation is 1. The fraction of sp³-hybridized carbons (Fsp3) is 0.0833. The number of hydrogen-bond acceptors (Lipinski definition) is 7. The fourth-order valence-electron chi connectivity index (χ4n) is 2.86. The van der Waals surface area contributed by atoms with Gasteiger partial charge >= 0.3 is 0 Å². The smallest absolute Gasteiger partial charge is 0.269 e. The molecule has 0 radical (unpaired) electrons. The van der Waals surface area contributed by atoms with Crippen LogP contribution >= 0.6 is 23.6 Å². The molecule has 0 spiro atoms. The van der Waals surface area contributed by atoms with Crippen LogP contribution in [0.4, 0.5) is 10.8 Å². The van der Waals surface area contributed by atoms with Gasteiger partial charge in [-0.05, 0) is 49.8 Å². The summed E-state index contributed by atoms with van der Waals surface area (Å²) in [6, 6.07) is 14.9. The van der Waals surface area contributed by atoms with Crippen molar-refractivity contribution in [1.82, 2.24) is 10.3 Å². The highest BCUT2D eigenvalue weighted by Gasteiger charge is 2.15. The van der Waals surface area contributed by atoms with E-state index in [0.717, 1.165) is 22.5 Å². The van der Waals surface area contributed by atoms with Gasteiger partial charge in [0.15, 0.2) is 16.0 Å². The third-order valence-electron chi connectivity index (χ3n) is 4.50. The third-order valence-corrected chi connectivity index (χ3v) is 5.79. The molecular weight excluding hydrogens is 472 g/mol. The van der Waals surface area contributed by atoms with E-state index in [2.05, 4.69) is 15.6 Å². The summed E-state index contributed by atoms with van der Waals surface area (Å²) in [4.78, 5) is 39.9. The molecule has 0 bridgehead atoms. The second-order valence-electron chi connectivity index (χ2n) is 7.14. The first-order valence-electron chi connectivity index (χ1n) is 10.0. The van der Waals surface area contributed by atoms with Crippen LogP contribution in [0, 0.1) is 17.0 Å². The molecule has 172 valence electrons. The lowest BCUT2D eigenvalue weighted by Gasteiger charge is -2.07. The molecule has 0 fully saturated rings. The van der Waals surface area contributed by atoms with E-state index < -0.39 is 10.8 Å². The van der Waals surface area contributed by atoms with Crippen LogP contribution in [0.3, 0.4) is 0 Å². The van der Waals surface area contributed by atoms with E-state index in [1.807, 2.05) is 43.3 Å². The fourth-order valence-corrected chi connectivity index (χ4v) is 4.00. The first kappa shape index (κ1) is 24.6. The van der Waals surface area contributed by atoms with Crippen molar-refractivity contribution in [1.29, 1.82) is 0 Å². The molecule has 0 saturated heterocycles. The number of nitro groups is 1. The zero-order valence-corrected chi connectivity index (χ0v) is 19.9. The molecule has 0 saturated carbocycles. The van der Waals surface area contributed by atoms with Crippen LogP contribution in [0.5, 0.6) is 0 Å². The number of rotatable bonds is 7. The number of carbonyl (C=O) groups is 2. The van der Waals surface area contributed by atoms with Gasteiger partial charge in [0.1, 0.15) is 0 Å². The molecule has 3 aromatic rings. The number of ketones is 1. The van der Waals surface area contributed by atoms with Gasteiger partial charge in [-0.25, -0.2) is 4.98 Å². The minimum absolute atomic E-state index is 0.00622. The molecule has 1 amide bonds. The number of nitrogens with one attached hydrogen (secondary N) is 2. The van der Waals surface area contributed by atoms with Crippen molar-refractivity contribution in [3.63, 3.8) is 0 Å². The Morgan fingerprint density at radius 1 is 1.09 bits per heavy atom. The highest BCUT2D eigenvalue weighted by Crippen LogP contribution is 2.23. The van der Waals surface area contributed by atoms with Gasteiger partial charge in [-0.1, -0.05) is 59.4 Å². The van der Waals surface area contributed by atoms with Gasteiger partial charge in [-0.3, -0.25) is 25.0 Å². The predicted octanol–water partition coefficient (Wildman–Crippen LogP) is 5.33. The van der Waals surface area contributed by atoms with Crippen LogP contribution in [-0.2, 0) is 0 Å². The Kier molecular flexibility index (Phi) is 8.12.